The normalized spacial score (nSPS) is 22.6. The van der Waals surface area contributed by atoms with Crippen LogP contribution in [0.1, 0.15) is 47.6 Å². The number of nitrogens with one attached hydrogen (secondary N) is 2. The third-order valence-electron chi connectivity index (χ3n) is 8.12. The molecule has 212 valence electrons. The molecule has 9 heteroatoms. The summed E-state index contributed by atoms with van der Waals surface area (Å²) in [6, 6.07) is 16.1. The van der Waals surface area contributed by atoms with Crippen LogP contribution in [0.15, 0.2) is 60.7 Å². The van der Waals surface area contributed by atoms with E-state index in [1.807, 2.05) is 19.1 Å². The summed E-state index contributed by atoms with van der Waals surface area (Å²) >= 11 is 12.5. The molecule has 2 N–H and O–H groups in total. The molecule has 5 rings (SSSR count). The fraction of sp³-hybridized carbons (Fsp3) is 0.355. The molecule has 2 heterocycles. The van der Waals surface area contributed by atoms with E-state index in [1.54, 1.807) is 43.5 Å². The van der Waals surface area contributed by atoms with Crippen molar-refractivity contribution < 1.29 is 18.7 Å². The van der Waals surface area contributed by atoms with E-state index in [1.165, 1.54) is 12.1 Å². The van der Waals surface area contributed by atoms with E-state index in [0.717, 1.165) is 5.56 Å². The molecular weight excluding hydrogens is 566 g/mol. The van der Waals surface area contributed by atoms with Crippen LogP contribution in [0, 0.1) is 12.7 Å². The summed E-state index contributed by atoms with van der Waals surface area (Å²) in [5.74, 6) is -1.50. The Morgan fingerprint density at radius 3 is 2.35 bits per heavy atom. The minimum absolute atomic E-state index is 0.0385. The monoisotopic (exact) mass is 600 g/mol. The zero-order valence-corrected chi connectivity index (χ0v) is 26.1. The van der Waals surface area contributed by atoms with Gasteiger partial charge >= 0.3 is 0 Å². The lowest BCUT2D eigenvalue weighted by atomic mass is 9.59. The van der Waals surface area contributed by atoms with Crippen molar-refractivity contribution >= 4 is 48.8 Å². The molecule has 0 bridgehead atoms. The second-order valence-electron chi connectivity index (χ2n) is 11.6. The van der Waals surface area contributed by atoms with Crippen molar-refractivity contribution in [2.45, 2.75) is 63.0 Å². The number of anilines is 1. The molecule has 1 fully saturated rings. The van der Waals surface area contributed by atoms with Crippen LogP contribution in [-0.2, 0) is 19.7 Å². The summed E-state index contributed by atoms with van der Waals surface area (Å²) in [5, 5.41) is 6.96. The maximum Gasteiger partial charge on any atom is 0.238 e. The molecule has 4 unspecified atom stereocenters. The zero-order valence-electron chi connectivity index (χ0n) is 23.6. The third-order valence-corrected chi connectivity index (χ3v) is 11.3. The maximum absolute atomic E-state index is 14.4. The smallest absolute Gasteiger partial charge is 0.238 e. The number of amides is 2. The zero-order chi connectivity index (χ0) is 29.4. The van der Waals surface area contributed by atoms with Gasteiger partial charge in [-0.05, 0) is 72.5 Å². The molecule has 3 aromatic carbocycles. The predicted molar refractivity (Wildman–Crippen MR) is 162 cm³/mol. The van der Waals surface area contributed by atoms with Crippen LogP contribution >= 0.6 is 23.2 Å². The van der Waals surface area contributed by atoms with Crippen molar-refractivity contribution in [3.05, 3.63) is 98.8 Å². The number of fused-ring (bicyclic) bond motifs is 2. The van der Waals surface area contributed by atoms with Crippen molar-refractivity contribution in [3.8, 4) is 0 Å². The summed E-state index contributed by atoms with van der Waals surface area (Å²) < 4.78 is 19.5. The van der Waals surface area contributed by atoms with Gasteiger partial charge in [-0.2, -0.15) is 0 Å². The van der Waals surface area contributed by atoms with Crippen molar-refractivity contribution in [2.24, 2.45) is 0 Å². The Hall–Kier alpha value is -2.71. The second kappa shape index (κ2) is 11.6. The lowest BCUT2D eigenvalue weighted by Crippen LogP contribution is -2.57. The number of aryl methyl sites for hydroxylation is 1. The van der Waals surface area contributed by atoms with Crippen LogP contribution in [0.2, 0.25) is 29.7 Å². The Morgan fingerprint density at radius 1 is 1.02 bits per heavy atom. The fourth-order valence-corrected chi connectivity index (χ4v) is 6.65. The molecular formula is C31H35Cl2FN2O3Si. The first-order chi connectivity index (χ1) is 18.8. The highest BCUT2D eigenvalue weighted by molar-refractivity contribution is 6.77. The number of halogens is 3. The molecule has 0 saturated carbocycles. The Balaban J connectivity index is 0.000000406. The minimum atomic E-state index is -1.21. The van der Waals surface area contributed by atoms with Crippen LogP contribution in [0.25, 0.3) is 0 Å². The first-order valence-corrected chi connectivity index (χ1v) is 17.6. The van der Waals surface area contributed by atoms with Crippen molar-refractivity contribution in [2.75, 3.05) is 12.4 Å². The van der Waals surface area contributed by atoms with Crippen molar-refractivity contribution in [1.29, 1.82) is 0 Å². The molecule has 2 aliphatic heterocycles. The van der Waals surface area contributed by atoms with Crippen molar-refractivity contribution in [3.63, 3.8) is 0 Å². The van der Waals surface area contributed by atoms with E-state index < -0.39 is 31.3 Å². The van der Waals surface area contributed by atoms with E-state index in [4.69, 9.17) is 27.9 Å². The fourth-order valence-electron chi connectivity index (χ4n) is 5.57. The van der Waals surface area contributed by atoms with Crippen LogP contribution in [0.4, 0.5) is 10.1 Å². The van der Waals surface area contributed by atoms with Gasteiger partial charge in [0, 0.05) is 40.9 Å². The summed E-state index contributed by atoms with van der Waals surface area (Å²) in [4.78, 5) is 26.8. The van der Waals surface area contributed by atoms with E-state index in [-0.39, 0.29) is 18.2 Å². The average molecular weight is 602 g/mol. The predicted octanol–water partition coefficient (Wildman–Crippen LogP) is 7.57. The summed E-state index contributed by atoms with van der Waals surface area (Å²) in [7, 11) is 0.798. The van der Waals surface area contributed by atoms with E-state index in [0.29, 0.717) is 38.2 Å². The van der Waals surface area contributed by atoms with Gasteiger partial charge in [-0.1, -0.05) is 67.1 Å². The first-order valence-electron chi connectivity index (χ1n) is 13.2. The van der Waals surface area contributed by atoms with Gasteiger partial charge in [0.15, 0.2) is 0 Å². The molecule has 1 spiro atoms. The topological polar surface area (TPSA) is 67.4 Å². The van der Waals surface area contributed by atoms with Crippen molar-refractivity contribution in [1.82, 2.24) is 5.32 Å². The molecule has 2 amide bonds. The number of carbonyl (C=O) groups excluding carboxylic acids is 2. The molecule has 2 aliphatic rings. The Morgan fingerprint density at radius 2 is 1.73 bits per heavy atom. The number of hydrogen-bond acceptors (Lipinski definition) is 3. The standard InChI is InChI=1S/C25H19Cl2FN2O2.C6H16OSi/c1-13-5-7-17(28)11-18(13)20-12-22(31)30-23(14-3-2-4-15(26)9-14)25(20)19-8-6-16(27)10-21(19)29-24(25)32;1-6(7-2)8(3,4)5/h2-11,20,23H,12H2,1H3,(H,29,32)(H,30,31);6H,1-5H3. The number of ether oxygens (including phenoxy) is 1. The van der Waals surface area contributed by atoms with Crippen LogP contribution in [0.3, 0.4) is 0 Å². The van der Waals surface area contributed by atoms with Crippen LogP contribution in [0.5, 0.6) is 0 Å². The second-order valence-corrected chi connectivity index (χ2v) is 18.0. The van der Waals surface area contributed by atoms with Gasteiger partial charge in [0.05, 0.1) is 14.1 Å². The number of piperidine rings is 1. The molecule has 0 aliphatic carbocycles. The Labute approximate surface area is 246 Å². The SMILES string of the molecule is COC(C)[Si](C)(C)C.Cc1ccc(F)cc1C1CC(=O)NC(c2cccc(Cl)c2)C12C(=O)Nc1cc(Cl)ccc12. The molecule has 0 aromatic heterocycles. The number of benzene rings is 3. The van der Waals surface area contributed by atoms with Gasteiger partial charge < -0.3 is 15.4 Å². The molecule has 4 atom stereocenters. The number of rotatable bonds is 4. The average Bonchev–Trinajstić information content (AvgIpc) is 3.17. The van der Waals surface area contributed by atoms with Gasteiger partial charge in [0.1, 0.15) is 11.2 Å². The molecule has 5 nitrogen and oxygen atoms in total. The van der Waals surface area contributed by atoms with Crippen LogP contribution < -0.4 is 10.6 Å². The lowest BCUT2D eigenvalue weighted by molar-refractivity contribution is -0.131. The van der Waals surface area contributed by atoms with Gasteiger partial charge in [-0.3, -0.25) is 9.59 Å². The summed E-state index contributed by atoms with van der Waals surface area (Å²) in [5.41, 5.74) is 2.72. The lowest BCUT2D eigenvalue weighted by Gasteiger charge is -2.46. The highest BCUT2D eigenvalue weighted by atomic mass is 35.5. The molecule has 1 saturated heterocycles. The van der Waals surface area contributed by atoms with E-state index in [2.05, 4.69) is 37.2 Å². The minimum Gasteiger partial charge on any atom is -0.385 e. The number of methoxy groups -OCH3 is 1. The quantitative estimate of drug-likeness (QED) is 0.303. The summed E-state index contributed by atoms with van der Waals surface area (Å²) in [6.45, 7) is 10.9. The highest BCUT2D eigenvalue weighted by Gasteiger charge is 2.61. The summed E-state index contributed by atoms with van der Waals surface area (Å²) in [6.07, 6.45) is 0.0385. The maximum atomic E-state index is 14.4. The Kier molecular flexibility index (Phi) is 8.81. The van der Waals surface area contributed by atoms with Gasteiger partial charge in [0.25, 0.3) is 0 Å². The number of hydrogen-bond donors (Lipinski definition) is 2. The van der Waals surface area contributed by atoms with Crippen LogP contribution in [-0.4, -0.2) is 32.7 Å². The first kappa shape index (κ1) is 30.3. The number of carbonyl (C=O) groups is 2. The molecule has 0 radical (unpaired) electrons. The van der Waals surface area contributed by atoms with Gasteiger partial charge in [0.2, 0.25) is 11.8 Å². The largest absolute Gasteiger partial charge is 0.385 e. The Bertz CT molecular complexity index is 1440. The van der Waals surface area contributed by atoms with Gasteiger partial charge in [-0.25, -0.2) is 4.39 Å². The molecule has 40 heavy (non-hydrogen) atoms. The van der Waals surface area contributed by atoms with Gasteiger partial charge in [-0.15, -0.1) is 0 Å². The van der Waals surface area contributed by atoms with E-state index in [9.17, 15) is 14.0 Å². The molecule has 3 aromatic rings. The van der Waals surface area contributed by atoms with E-state index >= 15 is 0 Å². The third kappa shape index (κ3) is 5.70. The highest BCUT2D eigenvalue weighted by Crippen LogP contribution is 2.58.